The van der Waals surface area contributed by atoms with Gasteiger partial charge in [0.15, 0.2) is 0 Å². The van der Waals surface area contributed by atoms with Crippen LogP contribution in [0.4, 0.5) is 0 Å². The number of amides is 1. The molecule has 3 N–H and O–H groups in total. The van der Waals surface area contributed by atoms with Crippen molar-refractivity contribution >= 4 is 18.3 Å². The van der Waals surface area contributed by atoms with Gasteiger partial charge in [-0.15, -0.1) is 12.4 Å². The fourth-order valence-corrected chi connectivity index (χ4v) is 3.83. The molecule has 1 aromatic carbocycles. The van der Waals surface area contributed by atoms with Crippen LogP contribution in [0.25, 0.3) is 0 Å². The number of halogens is 1. The Kier molecular flexibility index (Phi) is 5.65. The average Bonchev–Trinajstić information content (AvgIpc) is 3.10. The molecule has 0 radical (unpaired) electrons. The molecule has 116 valence electrons. The molecule has 2 atom stereocenters. The fraction of sp³-hybridized carbons (Fsp3) is 0.588. The maximum absolute atomic E-state index is 12.3. The Morgan fingerprint density at radius 2 is 1.86 bits per heavy atom. The smallest absolute Gasteiger partial charge is 0.223 e. The quantitative estimate of drug-likeness (QED) is 0.897. The molecule has 2 aliphatic rings. The lowest BCUT2D eigenvalue weighted by Crippen LogP contribution is -2.37. The van der Waals surface area contributed by atoms with E-state index in [2.05, 4.69) is 29.6 Å². The summed E-state index contributed by atoms with van der Waals surface area (Å²) in [6.07, 6.45) is 5.47. The minimum atomic E-state index is 0. The average molecular weight is 309 g/mol. The largest absolute Gasteiger partial charge is 0.356 e. The molecule has 0 heterocycles. The van der Waals surface area contributed by atoms with Crippen LogP contribution >= 0.6 is 12.4 Å². The van der Waals surface area contributed by atoms with E-state index in [-0.39, 0.29) is 24.2 Å². The van der Waals surface area contributed by atoms with E-state index in [1.54, 1.807) is 0 Å². The van der Waals surface area contributed by atoms with E-state index in [9.17, 15) is 4.79 Å². The zero-order valence-electron chi connectivity index (χ0n) is 12.4. The Morgan fingerprint density at radius 3 is 2.48 bits per heavy atom. The third-order valence-electron chi connectivity index (χ3n) is 5.00. The summed E-state index contributed by atoms with van der Waals surface area (Å²) < 4.78 is 0. The van der Waals surface area contributed by atoms with Crippen LogP contribution in [0.2, 0.25) is 0 Å². The van der Waals surface area contributed by atoms with Crippen LogP contribution in [-0.2, 0) is 17.6 Å². The molecule has 3 nitrogen and oxygen atoms in total. The van der Waals surface area contributed by atoms with Crippen molar-refractivity contribution < 1.29 is 4.79 Å². The molecule has 0 saturated heterocycles. The lowest BCUT2D eigenvalue weighted by atomic mass is 9.95. The molecule has 1 amide bonds. The summed E-state index contributed by atoms with van der Waals surface area (Å²) in [7, 11) is 0. The van der Waals surface area contributed by atoms with Crippen molar-refractivity contribution in [3.63, 3.8) is 0 Å². The molecular weight excluding hydrogens is 284 g/mol. The van der Waals surface area contributed by atoms with Crippen molar-refractivity contribution in [2.24, 2.45) is 23.5 Å². The van der Waals surface area contributed by atoms with Crippen molar-refractivity contribution in [1.82, 2.24) is 5.32 Å². The molecule has 2 aliphatic carbocycles. The van der Waals surface area contributed by atoms with E-state index in [1.165, 1.54) is 11.1 Å². The van der Waals surface area contributed by atoms with Gasteiger partial charge in [0.25, 0.3) is 0 Å². The number of hydrogen-bond acceptors (Lipinski definition) is 2. The highest BCUT2D eigenvalue weighted by Crippen LogP contribution is 2.31. The van der Waals surface area contributed by atoms with Gasteiger partial charge < -0.3 is 11.1 Å². The highest BCUT2D eigenvalue weighted by molar-refractivity contribution is 5.85. The van der Waals surface area contributed by atoms with E-state index in [1.807, 2.05) is 0 Å². The Bertz CT molecular complexity index is 466. The lowest BCUT2D eigenvalue weighted by Gasteiger charge is -2.19. The van der Waals surface area contributed by atoms with E-state index in [4.69, 9.17) is 5.73 Å². The minimum Gasteiger partial charge on any atom is -0.356 e. The Morgan fingerprint density at radius 1 is 1.19 bits per heavy atom. The van der Waals surface area contributed by atoms with Gasteiger partial charge >= 0.3 is 0 Å². The van der Waals surface area contributed by atoms with Gasteiger partial charge in [0.2, 0.25) is 5.91 Å². The number of hydrogen-bond donors (Lipinski definition) is 2. The predicted octanol–water partition coefficient (Wildman–Crippen LogP) is 2.31. The zero-order valence-corrected chi connectivity index (χ0v) is 13.2. The van der Waals surface area contributed by atoms with Crippen molar-refractivity contribution in [3.05, 3.63) is 35.4 Å². The van der Waals surface area contributed by atoms with Gasteiger partial charge in [0.05, 0.1) is 0 Å². The van der Waals surface area contributed by atoms with Gasteiger partial charge in [-0.05, 0) is 55.2 Å². The predicted molar refractivity (Wildman–Crippen MR) is 87.5 cm³/mol. The van der Waals surface area contributed by atoms with Crippen molar-refractivity contribution in [1.29, 1.82) is 0 Å². The summed E-state index contributed by atoms with van der Waals surface area (Å²) in [5, 5.41) is 3.17. The first-order valence-corrected chi connectivity index (χ1v) is 7.82. The van der Waals surface area contributed by atoms with Crippen LogP contribution in [0.3, 0.4) is 0 Å². The van der Waals surface area contributed by atoms with E-state index < -0.39 is 0 Å². The number of nitrogens with two attached hydrogens (primary N) is 1. The molecule has 0 aromatic heterocycles. The lowest BCUT2D eigenvalue weighted by molar-refractivity contribution is -0.126. The Hall–Kier alpha value is -1.06. The summed E-state index contributed by atoms with van der Waals surface area (Å²) in [6, 6.07) is 8.62. The Balaban J connectivity index is 0.00000161. The van der Waals surface area contributed by atoms with Gasteiger partial charge in [0, 0.05) is 12.5 Å². The molecule has 21 heavy (non-hydrogen) atoms. The summed E-state index contributed by atoms with van der Waals surface area (Å²) in [6.45, 7) is 1.45. The molecule has 1 saturated carbocycles. The first-order chi connectivity index (χ1) is 9.78. The number of rotatable bonds is 4. The molecular formula is C17H25ClN2O. The van der Waals surface area contributed by atoms with Crippen LogP contribution in [-0.4, -0.2) is 19.0 Å². The zero-order chi connectivity index (χ0) is 13.9. The second-order valence-electron chi connectivity index (χ2n) is 6.32. The van der Waals surface area contributed by atoms with Crippen LogP contribution in [0, 0.1) is 17.8 Å². The highest BCUT2D eigenvalue weighted by Gasteiger charge is 2.32. The van der Waals surface area contributed by atoms with Gasteiger partial charge in [-0.2, -0.15) is 0 Å². The van der Waals surface area contributed by atoms with Crippen LogP contribution in [0.1, 0.15) is 30.4 Å². The number of carbonyl (C=O) groups excluding carboxylic acids is 1. The van der Waals surface area contributed by atoms with Gasteiger partial charge in [-0.1, -0.05) is 30.7 Å². The van der Waals surface area contributed by atoms with E-state index in [0.717, 1.165) is 38.6 Å². The molecule has 4 heteroatoms. The molecule has 0 bridgehead atoms. The summed E-state index contributed by atoms with van der Waals surface area (Å²) in [5.74, 6) is 1.35. The molecule has 0 aliphatic heterocycles. The fourth-order valence-electron chi connectivity index (χ4n) is 3.83. The Labute approximate surface area is 133 Å². The summed E-state index contributed by atoms with van der Waals surface area (Å²) in [4.78, 5) is 12.3. The number of nitrogens with one attached hydrogen (secondary N) is 1. The third kappa shape index (κ3) is 3.58. The molecule has 0 spiro atoms. The van der Waals surface area contributed by atoms with Crippen molar-refractivity contribution in [2.75, 3.05) is 13.1 Å². The molecule has 3 rings (SSSR count). The van der Waals surface area contributed by atoms with Gasteiger partial charge in [0.1, 0.15) is 0 Å². The summed E-state index contributed by atoms with van der Waals surface area (Å²) >= 11 is 0. The topological polar surface area (TPSA) is 55.1 Å². The first kappa shape index (κ1) is 16.3. The summed E-state index contributed by atoms with van der Waals surface area (Å²) in [5.41, 5.74) is 8.66. The number of benzene rings is 1. The first-order valence-electron chi connectivity index (χ1n) is 7.82. The second-order valence-corrected chi connectivity index (χ2v) is 6.32. The van der Waals surface area contributed by atoms with Crippen molar-refractivity contribution in [2.45, 2.75) is 32.1 Å². The highest BCUT2D eigenvalue weighted by atomic mass is 35.5. The third-order valence-corrected chi connectivity index (χ3v) is 5.00. The monoisotopic (exact) mass is 308 g/mol. The number of carbonyl (C=O) groups is 1. The van der Waals surface area contributed by atoms with E-state index in [0.29, 0.717) is 18.4 Å². The molecule has 0 unspecified atom stereocenters. The molecule has 1 aromatic rings. The number of fused-ring (bicyclic) bond motifs is 1. The van der Waals surface area contributed by atoms with Gasteiger partial charge in [-0.3, -0.25) is 4.79 Å². The van der Waals surface area contributed by atoms with Gasteiger partial charge in [-0.25, -0.2) is 0 Å². The minimum absolute atomic E-state index is 0. The van der Waals surface area contributed by atoms with Crippen LogP contribution in [0.15, 0.2) is 24.3 Å². The maximum atomic E-state index is 12.3. The standard InChI is InChI=1S/C17H24N2O.ClH/c18-10-15-6-3-7-16(15)17(20)19-11-12-8-13-4-1-2-5-14(13)9-12;/h1-2,4-5,12,15-16H,3,6-11,18H2,(H,19,20);1H/t15-,16-;/m1./s1. The maximum Gasteiger partial charge on any atom is 0.223 e. The molecule has 1 fully saturated rings. The van der Waals surface area contributed by atoms with Crippen molar-refractivity contribution in [3.8, 4) is 0 Å². The normalized spacial score (nSPS) is 24.4. The second kappa shape index (κ2) is 7.28. The van der Waals surface area contributed by atoms with Crippen LogP contribution in [0.5, 0.6) is 0 Å². The van der Waals surface area contributed by atoms with E-state index >= 15 is 0 Å². The van der Waals surface area contributed by atoms with Crippen LogP contribution < -0.4 is 11.1 Å². The SMILES string of the molecule is Cl.NC[C@H]1CCC[C@H]1C(=O)NCC1Cc2ccccc2C1.